The standard InChI is InChI=1S/C26H24ClF3N2O3S/c1-17(19-11-10-18-6-5-7-20(18)14-19)31-25(33)16-32(36(34,35)22-8-3-2-4-9-22)21-12-13-24(27)23(15-21)26(28,29)30/h2-4,8-15,17H,5-7,16H2,1H3,(H,31,33)/t17-/m1/s1. The van der Waals surface area contributed by atoms with Gasteiger partial charge in [0.05, 0.1) is 27.2 Å². The van der Waals surface area contributed by atoms with E-state index in [9.17, 15) is 26.4 Å². The van der Waals surface area contributed by atoms with Crippen molar-refractivity contribution in [3.63, 3.8) is 0 Å². The number of amides is 1. The maximum absolute atomic E-state index is 13.5. The predicted octanol–water partition coefficient (Wildman–Crippen LogP) is 5.92. The fraction of sp³-hybridized carbons (Fsp3) is 0.269. The van der Waals surface area contributed by atoms with Crippen LogP contribution in [0.3, 0.4) is 0 Å². The molecule has 1 N–H and O–H groups in total. The average molecular weight is 537 g/mol. The van der Waals surface area contributed by atoms with Crippen LogP contribution in [0.2, 0.25) is 5.02 Å². The minimum Gasteiger partial charge on any atom is -0.348 e. The summed E-state index contributed by atoms with van der Waals surface area (Å²) in [5, 5.41) is 2.20. The molecule has 0 radical (unpaired) electrons. The van der Waals surface area contributed by atoms with Crippen LogP contribution in [0, 0.1) is 0 Å². The van der Waals surface area contributed by atoms with E-state index in [4.69, 9.17) is 11.6 Å². The van der Waals surface area contributed by atoms with Gasteiger partial charge in [-0.3, -0.25) is 9.10 Å². The van der Waals surface area contributed by atoms with Crippen molar-refractivity contribution in [1.29, 1.82) is 0 Å². The van der Waals surface area contributed by atoms with Gasteiger partial charge in [-0.2, -0.15) is 13.2 Å². The second kappa shape index (κ2) is 10.1. The number of anilines is 1. The molecule has 1 aliphatic carbocycles. The molecule has 0 unspecified atom stereocenters. The summed E-state index contributed by atoms with van der Waals surface area (Å²) in [5.41, 5.74) is 1.86. The summed E-state index contributed by atoms with van der Waals surface area (Å²) in [6, 6.07) is 15.5. The number of benzene rings is 3. The molecule has 0 bridgehead atoms. The number of nitrogens with one attached hydrogen (secondary N) is 1. The van der Waals surface area contributed by atoms with Gasteiger partial charge in [0.1, 0.15) is 6.54 Å². The van der Waals surface area contributed by atoms with Gasteiger partial charge in [0.15, 0.2) is 0 Å². The van der Waals surface area contributed by atoms with E-state index in [1.807, 2.05) is 18.2 Å². The number of halogens is 4. The van der Waals surface area contributed by atoms with Gasteiger partial charge in [0.25, 0.3) is 10.0 Å². The van der Waals surface area contributed by atoms with Gasteiger partial charge in [-0.1, -0.05) is 48.0 Å². The van der Waals surface area contributed by atoms with Crippen molar-refractivity contribution < 1.29 is 26.4 Å². The van der Waals surface area contributed by atoms with Crippen LogP contribution >= 0.6 is 11.6 Å². The average Bonchev–Trinajstić information content (AvgIpc) is 3.31. The molecule has 4 rings (SSSR count). The van der Waals surface area contributed by atoms with Gasteiger partial charge in [0, 0.05) is 0 Å². The number of rotatable bonds is 7. The number of fused-ring (bicyclic) bond motifs is 1. The maximum atomic E-state index is 13.5. The Labute approximate surface area is 212 Å². The quantitative estimate of drug-likeness (QED) is 0.407. The lowest BCUT2D eigenvalue weighted by Gasteiger charge is -2.26. The monoisotopic (exact) mass is 536 g/mol. The molecule has 3 aromatic rings. The zero-order valence-electron chi connectivity index (χ0n) is 19.3. The molecule has 0 spiro atoms. The van der Waals surface area contributed by atoms with Crippen molar-refractivity contribution >= 4 is 33.2 Å². The van der Waals surface area contributed by atoms with Gasteiger partial charge >= 0.3 is 6.18 Å². The number of aryl methyl sites for hydroxylation is 2. The smallest absolute Gasteiger partial charge is 0.348 e. The van der Waals surface area contributed by atoms with Gasteiger partial charge in [-0.15, -0.1) is 0 Å². The summed E-state index contributed by atoms with van der Waals surface area (Å²) < 4.78 is 68.0. The third-order valence-electron chi connectivity index (χ3n) is 6.16. The fourth-order valence-corrected chi connectivity index (χ4v) is 5.94. The molecule has 1 amide bonds. The van der Waals surface area contributed by atoms with Crippen molar-refractivity contribution in [3.05, 3.63) is 94.0 Å². The first kappa shape index (κ1) is 26.0. The van der Waals surface area contributed by atoms with Gasteiger partial charge in [-0.25, -0.2) is 8.42 Å². The molecule has 0 fully saturated rings. The number of carbonyl (C=O) groups excluding carboxylic acids is 1. The van der Waals surface area contributed by atoms with Crippen molar-refractivity contribution in [2.24, 2.45) is 0 Å². The molecule has 36 heavy (non-hydrogen) atoms. The Balaban J connectivity index is 1.65. The molecular weight excluding hydrogens is 513 g/mol. The van der Waals surface area contributed by atoms with Crippen LogP contribution in [0.1, 0.15) is 41.6 Å². The lowest BCUT2D eigenvalue weighted by molar-refractivity contribution is -0.137. The third-order valence-corrected chi connectivity index (χ3v) is 8.28. The highest BCUT2D eigenvalue weighted by molar-refractivity contribution is 7.92. The summed E-state index contributed by atoms with van der Waals surface area (Å²) in [7, 11) is -4.37. The minimum absolute atomic E-state index is 0.159. The van der Waals surface area contributed by atoms with Crippen LogP contribution in [0.15, 0.2) is 71.6 Å². The van der Waals surface area contributed by atoms with Crippen LogP contribution in [-0.2, 0) is 33.8 Å². The van der Waals surface area contributed by atoms with E-state index in [2.05, 4.69) is 5.32 Å². The fourth-order valence-electron chi connectivity index (χ4n) is 4.28. The molecule has 0 saturated heterocycles. The summed E-state index contributed by atoms with van der Waals surface area (Å²) >= 11 is 5.73. The van der Waals surface area contributed by atoms with Gasteiger partial charge in [-0.05, 0) is 73.2 Å². The third kappa shape index (κ3) is 5.52. The highest BCUT2D eigenvalue weighted by Gasteiger charge is 2.35. The van der Waals surface area contributed by atoms with E-state index in [1.54, 1.807) is 13.0 Å². The van der Waals surface area contributed by atoms with Crippen LogP contribution in [0.4, 0.5) is 18.9 Å². The first-order chi connectivity index (χ1) is 17.0. The molecule has 0 saturated carbocycles. The summed E-state index contributed by atoms with van der Waals surface area (Å²) in [6.45, 7) is 1.06. The van der Waals surface area contributed by atoms with Crippen LogP contribution in [0.25, 0.3) is 0 Å². The molecule has 0 aliphatic heterocycles. The molecule has 1 atom stereocenters. The lowest BCUT2D eigenvalue weighted by Crippen LogP contribution is -2.41. The summed E-state index contributed by atoms with van der Waals surface area (Å²) in [6.07, 6.45) is -1.75. The Kier molecular flexibility index (Phi) is 7.33. The van der Waals surface area contributed by atoms with Crippen LogP contribution in [-0.4, -0.2) is 20.9 Å². The van der Waals surface area contributed by atoms with Crippen LogP contribution in [0.5, 0.6) is 0 Å². The molecule has 3 aromatic carbocycles. The van der Waals surface area contributed by atoms with Crippen LogP contribution < -0.4 is 9.62 Å². The number of nitrogens with zero attached hydrogens (tertiary/aromatic N) is 1. The van der Waals surface area contributed by atoms with E-state index >= 15 is 0 Å². The molecule has 10 heteroatoms. The zero-order valence-corrected chi connectivity index (χ0v) is 20.9. The molecule has 0 aromatic heterocycles. The van der Waals surface area contributed by atoms with E-state index < -0.39 is 45.3 Å². The lowest BCUT2D eigenvalue weighted by atomic mass is 10.0. The van der Waals surface area contributed by atoms with Crippen molar-refractivity contribution in [2.75, 3.05) is 10.8 Å². The van der Waals surface area contributed by atoms with E-state index in [0.717, 1.165) is 37.0 Å². The summed E-state index contributed by atoms with van der Waals surface area (Å²) in [4.78, 5) is 12.8. The molecule has 5 nitrogen and oxygen atoms in total. The molecule has 1 aliphatic rings. The van der Waals surface area contributed by atoms with E-state index in [1.165, 1.54) is 35.4 Å². The molecule has 0 heterocycles. The Hall–Kier alpha value is -3.04. The SMILES string of the molecule is C[C@@H](NC(=O)CN(c1ccc(Cl)c(C(F)(F)F)c1)S(=O)(=O)c1ccccc1)c1ccc2c(c1)CCC2. The minimum atomic E-state index is -4.81. The van der Waals surface area contributed by atoms with Gasteiger partial charge < -0.3 is 5.32 Å². The highest BCUT2D eigenvalue weighted by Crippen LogP contribution is 2.38. The molecular formula is C26H24ClF3N2O3S. The Morgan fingerprint density at radius 2 is 1.72 bits per heavy atom. The Morgan fingerprint density at radius 3 is 2.42 bits per heavy atom. The van der Waals surface area contributed by atoms with Crippen molar-refractivity contribution in [2.45, 2.75) is 43.3 Å². The first-order valence-corrected chi connectivity index (χ1v) is 13.1. The number of hydrogen-bond donors (Lipinski definition) is 1. The number of carbonyl (C=O) groups is 1. The number of sulfonamides is 1. The second-order valence-corrected chi connectivity index (χ2v) is 10.9. The molecule has 190 valence electrons. The number of alkyl halides is 3. The second-order valence-electron chi connectivity index (χ2n) is 8.66. The van der Waals surface area contributed by atoms with Crippen molar-refractivity contribution in [1.82, 2.24) is 5.32 Å². The van der Waals surface area contributed by atoms with Crippen molar-refractivity contribution in [3.8, 4) is 0 Å². The topological polar surface area (TPSA) is 66.5 Å². The number of hydrogen-bond acceptors (Lipinski definition) is 3. The van der Waals surface area contributed by atoms with Gasteiger partial charge in [0.2, 0.25) is 5.91 Å². The highest BCUT2D eigenvalue weighted by atomic mass is 35.5. The first-order valence-electron chi connectivity index (χ1n) is 11.3. The van der Waals surface area contributed by atoms with E-state index in [0.29, 0.717) is 10.4 Å². The van der Waals surface area contributed by atoms with E-state index in [-0.39, 0.29) is 10.6 Å². The Bertz CT molecular complexity index is 1380. The Morgan fingerprint density at radius 1 is 1.03 bits per heavy atom. The normalized spacial score (nSPS) is 14.2. The maximum Gasteiger partial charge on any atom is 0.417 e. The summed E-state index contributed by atoms with van der Waals surface area (Å²) in [5.74, 6) is -0.661. The predicted molar refractivity (Wildman–Crippen MR) is 132 cm³/mol. The largest absolute Gasteiger partial charge is 0.417 e. The zero-order chi connectivity index (χ0) is 26.1.